The maximum absolute atomic E-state index is 12.3. The summed E-state index contributed by atoms with van der Waals surface area (Å²) in [6.45, 7) is 2.09. The molecule has 3 nitrogen and oxygen atoms in total. The molecule has 3 rings (SSSR count). The summed E-state index contributed by atoms with van der Waals surface area (Å²) in [6.07, 6.45) is 6.51. The van der Waals surface area contributed by atoms with Crippen molar-refractivity contribution in [3.63, 3.8) is 0 Å². The third-order valence-electron chi connectivity index (χ3n) is 4.91. The number of hydrogen-bond donors (Lipinski definition) is 2. The van der Waals surface area contributed by atoms with Crippen LogP contribution < -0.4 is 10.6 Å². The molecule has 2 heterocycles. The summed E-state index contributed by atoms with van der Waals surface area (Å²) in [6, 6.07) is 9.83. The molecule has 23 heavy (non-hydrogen) atoms. The van der Waals surface area contributed by atoms with Gasteiger partial charge in [0.1, 0.15) is 0 Å². The number of benzene rings is 1. The van der Waals surface area contributed by atoms with Crippen LogP contribution in [0.2, 0.25) is 0 Å². The van der Waals surface area contributed by atoms with Gasteiger partial charge in [-0.1, -0.05) is 28.1 Å². The van der Waals surface area contributed by atoms with E-state index in [9.17, 15) is 4.79 Å². The van der Waals surface area contributed by atoms with Crippen molar-refractivity contribution < 1.29 is 4.79 Å². The molecule has 1 amide bonds. The highest BCUT2D eigenvalue weighted by molar-refractivity contribution is 9.10. The minimum atomic E-state index is 0. The lowest BCUT2D eigenvalue weighted by molar-refractivity contribution is -0.122. The molecule has 1 aromatic carbocycles. The van der Waals surface area contributed by atoms with Gasteiger partial charge in [0.2, 0.25) is 5.91 Å². The molecule has 0 spiro atoms. The number of piperidine rings is 1. The third-order valence-corrected chi connectivity index (χ3v) is 5.44. The molecule has 1 aromatic rings. The Labute approximate surface area is 153 Å². The fourth-order valence-corrected chi connectivity index (χ4v) is 4.23. The first-order chi connectivity index (χ1) is 10.6. The van der Waals surface area contributed by atoms with Crippen molar-refractivity contribution in [2.45, 2.75) is 63.6 Å². The Kier molecular flexibility index (Phi) is 6.93. The van der Waals surface area contributed by atoms with Crippen LogP contribution in [0.3, 0.4) is 0 Å². The molecule has 3 atom stereocenters. The van der Waals surface area contributed by atoms with Crippen molar-refractivity contribution in [2.75, 3.05) is 0 Å². The monoisotopic (exact) mass is 400 g/mol. The Morgan fingerprint density at radius 1 is 1.26 bits per heavy atom. The Morgan fingerprint density at radius 3 is 2.48 bits per heavy atom. The lowest BCUT2D eigenvalue weighted by Gasteiger charge is -2.29. The molecule has 5 heteroatoms. The highest BCUT2D eigenvalue weighted by atomic mass is 79.9. The molecule has 0 saturated carbocycles. The Balaban J connectivity index is 0.00000192. The standard InChI is InChI=1S/C18H25BrN2O.ClH/c1-12(8-13-2-4-15(19)5-3-13)20-18(22)11-14-9-16-6-7-17(10-14)21-16;/h2-5,12,14,16-17,21H,6-11H2,1H3,(H,20,22);1H. The smallest absolute Gasteiger partial charge is 0.220 e. The fourth-order valence-electron chi connectivity index (χ4n) is 3.96. The van der Waals surface area contributed by atoms with E-state index in [1.807, 2.05) is 0 Å². The minimum absolute atomic E-state index is 0. The SMILES string of the molecule is CC(Cc1ccc(Br)cc1)NC(=O)CC1CC2CCC(C1)N2.Cl. The van der Waals surface area contributed by atoms with Crippen LogP contribution in [0.4, 0.5) is 0 Å². The van der Waals surface area contributed by atoms with Crippen molar-refractivity contribution >= 4 is 34.2 Å². The lowest BCUT2D eigenvalue weighted by Crippen LogP contribution is -2.41. The van der Waals surface area contributed by atoms with Gasteiger partial charge in [-0.25, -0.2) is 0 Å². The Hall–Kier alpha value is -0.580. The molecular weight excluding hydrogens is 376 g/mol. The number of nitrogens with one attached hydrogen (secondary N) is 2. The number of carbonyl (C=O) groups excluding carboxylic acids is 1. The Morgan fingerprint density at radius 2 is 1.87 bits per heavy atom. The van der Waals surface area contributed by atoms with Gasteiger partial charge < -0.3 is 10.6 Å². The number of hydrogen-bond acceptors (Lipinski definition) is 2. The van der Waals surface area contributed by atoms with Crippen molar-refractivity contribution in [1.29, 1.82) is 0 Å². The predicted octanol–water partition coefficient (Wildman–Crippen LogP) is 3.84. The zero-order chi connectivity index (χ0) is 15.5. The van der Waals surface area contributed by atoms with Crippen molar-refractivity contribution in [1.82, 2.24) is 10.6 Å². The van der Waals surface area contributed by atoms with Crippen LogP contribution in [0.15, 0.2) is 28.7 Å². The summed E-state index contributed by atoms with van der Waals surface area (Å²) in [7, 11) is 0. The van der Waals surface area contributed by atoms with E-state index in [0.29, 0.717) is 24.4 Å². The second-order valence-electron chi connectivity index (χ2n) is 6.98. The van der Waals surface area contributed by atoms with Gasteiger partial charge in [0.25, 0.3) is 0 Å². The topological polar surface area (TPSA) is 41.1 Å². The van der Waals surface area contributed by atoms with E-state index in [-0.39, 0.29) is 24.4 Å². The fraction of sp³-hybridized carbons (Fsp3) is 0.611. The van der Waals surface area contributed by atoms with Gasteiger partial charge in [0.15, 0.2) is 0 Å². The summed E-state index contributed by atoms with van der Waals surface area (Å²) in [5, 5.41) is 6.81. The predicted molar refractivity (Wildman–Crippen MR) is 100.0 cm³/mol. The number of amides is 1. The number of halogens is 2. The van der Waals surface area contributed by atoms with E-state index in [1.165, 1.54) is 31.2 Å². The lowest BCUT2D eigenvalue weighted by atomic mass is 9.89. The van der Waals surface area contributed by atoms with Gasteiger partial charge in [-0.05, 0) is 62.6 Å². The Bertz CT molecular complexity index is 510. The highest BCUT2D eigenvalue weighted by Crippen LogP contribution is 2.32. The van der Waals surface area contributed by atoms with Crippen molar-refractivity contribution in [3.8, 4) is 0 Å². The molecule has 2 bridgehead atoms. The molecule has 2 saturated heterocycles. The summed E-state index contributed by atoms with van der Waals surface area (Å²) in [5.41, 5.74) is 1.26. The zero-order valence-electron chi connectivity index (χ0n) is 13.6. The average molecular weight is 402 g/mol. The molecule has 2 aliphatic heterocycles. The van der Waals surface area contributed by atoms with Gasteiger partial charge in [0, 0.05) is 29.0 Å². The first-order valence-corrected chi connectivity index (χ1v) is 9.17. The number of rotatable bonds is 5. The van der Waals surface area contributed by atoms with Gasteiger partial charge in [-0.3, -0.25) is 4.79 Å². The molecule has 2 fully saturated rings. The quantitative estimate of drug-likeness (QED) is 0.787. The maximum atomic E-state index is 12.3. The van der Waals surface area contributed by atoms with Crippen LogP contribution >= 0.6 is 28.3 Å². The van der Waals surface area contributed by atoms with E-state index in [1.54, 1.807) is 0 Å². The maximum Gasteiger partial charge on any atom is 0.220 e. The molecule has 0 aliphatic carbocycles. The average Bonchev–Trinajstić information content (AvgIpc) is 2.80. The summed E-state index contributed by atoms with van der Waals surface area (Å²) in [5.74, 6) is 0.787. The normalized spacial score (nSPS) is 27.1. The highest BCUT2D eigenvalue weighted by Gasteiger charge is 2.34. The van der Waals surface area contributed by atoms with Crippen LogP contribution in [0.5, 0.6) is 0 Å². The van der Waals surface area contributed by atoms with Gasteiger partial charge in [-0.2, -0.15) is 0 Å². The van der Waals surface area contributed by atoms with Crippen LogP contribution in [0.25, 0.3) is 0 Å². The molecule has 2 aliphatic rings. The minimum Gasteiger partial charge on any atom is -0.353 e. The largest absolute Gasteiger partial charge is 0.353 e. The first-order valence-electron chi connectivity index (χ1n) is 8.38. The molecular formula is C18H26BrClN2O. The molecule has 128 valence electrons. The van der Waals surface area contributed by atoms with E-state index in [0.717, 1.165) is 10.9 Å². The van der Waals surface area contributed by atoms with E-state index in [2.05, 4.69) is 57.8 Å². The van der Waals surface area contributed by atoms with Crippen LogP contribution in [-0.4, -0.2) is 24.0 Å². The zero-order valence-corrected chi connectivity index (χ0v) is 16.0. The van der Waals surface area contributed by atoms with E-state index >= 15 is 0 Å². The summed E-state index contributed by atoms with van der Waals surface area (Å²) >= 11 is 3.45. The van der Waals surface area contributed by atoms with Crippen LogP contribution in [0.1, 0.15) is 44.6 Å². The summed E-state index contributed by atoms with van der Waals surface area (Å²) in [4.78, 5) is 12.3. The molecule has 3 unspecified atom stereocenters. The van der Waals surface area contributed by atoms with E-state index < -0.39 is 0 Å². The van der Waals surface area contributed by atoms with Crippen LogP contribution in [0, 0.1) is 5.92 Å². The number of fused-ring (bicyclic) bond motifs is 2. The molecule has 0 radical (unpaired) electrons. The van der Waals surface area contributed by atoms with Crippen molar-refractivity contribution in [2.24, 2.45) is 5.92 Å². The van der Waals surface area contributed by atoms with Crippen molar-refractivity contribution in [3.05, 3.63) is 34.3 Å². The molecule has 2 N–H and O–H groups in total. The van der Waals surface area contributed by atoms with Gasteiger partial charge >= 0.3 is 0 Å². The van der Waals surface area contributed by atoms with Crippen LogP contribution in [-0.2, 0) is 11.2 Å². The first kappa shape index (κ1) is 18.8. The van der Waals surface area contributed by atoms with E-state index in [4.69, 9.17) is 0 Å². The van der Waals surface area contributed by atoms with Gasteiger partial charge in [0.05, 0.1) is 0 Å². The summed E-state index contributed by atoms with van der Waals surface area (Å²) < 4.78 is 1.09. The third kappa shape index (κ3) is 5.47. The number of carbonyl (C=O) groups is 1. The second kappa shape index (κ2) is 8.50. The van der Waals surface area contributed by atoms with Gasteiger partial charge in [-0.15, -0.1) is 12.4 Å². The molecule has 0 aromatic heterocycles. The second-order valence-corrected chi connectivity index (χ2v) is 7.89.